The Balaban J connectivity index is 1.63. The minimum Gasteiger partial charge on any atom is -0.467 e. The van der Waals surface area contributed by atoms with Crippen molar-refractivity contribution in [2.45, 2.75) is 32.7 Å². The molecule has 1 aromatic carbocycles. The summed E-state index contributed by atoms with van der Waals surface area (Å²) in [5.74, 6) is -0.267. The molecule has 0 saturated carbocycles. The maximum absolute atomic E-state index is 12.3. The molecule has 9 heteroatoms. The quantitative estimate of drug-likeness (QED) is 0.418. The van der Waals surface area contributed by atoms with Crippen molar-refractivity contribution in [2.24, 2.45) is 5.92 Å². The number of ether oxygens (including phenoxy) is 1. The predicted octanol–water partition coefficient (Wildman–Crippen LogP) is 3.46. The number of carbonyl (C=O) groups excluding carboxylic acids is 2. The van der Waals surface area contributed by atoms with E-state index in [9.17, 15) is 19.7 Å². The molecule has 3 rings (SSSR count). The third-order valence-electron chi connectivity index (χ3n) is 5.09. The zero-order valence-corrected chi connectivity index (χ0v) is 17.0. The monoisotopic (exact) mass is 415 g/mol. The van der Waals surface area contributed by atoms with Crippen molar-refractivity contribution >= 4 is 23.3 Å². The van der Waals surface area contributed by atoms with E-state index >= 15 is 0 Å². The predicted molar refractivity (Wildman–Crippen MR) is 109 cm³/mol. The van der Waals surface area contributed by atoms with Crippen molar-refractivity contribution < 1.29 is 23.7 Å². The van der Waals surface area contributed by atoms with E-state index < -0.39 is 23.4 Å². The van der Waals surface area contributed by atoms with Crippen LogP contribution in [0, 0.1) is 16.0 Å². The van der Waals surface area contributed by atoms with Gasteiger partial charge in [0.05, 0.1) is 22.8 Å². The molecule has 1 amide bonds. The van der Waals surface area contributed by atoms with Crippen LogP contribution in [-0.4, -0.2) is 36.5 Å². The van der Waals surface area contributed by atoms with E-state index in [1.54, 1.807) is 25.1 Å². The highest BCUT2D eigenvalue weighted by Crippen LogP contribution is 2.32. The number of piperidine rings is 1. The molecule has 9 nitrogen and oxygen atoms in total. The van der Waals surface area contributed by atoms with E-state index in [1.165, 1.54) is 18.4 Å². The summed E-state index contributed by atoms with van der Waals surface area (Å²) >= 11 is 0. The molecule has 1 N–H and O–H groups in total. The molecule has 1 saturated heterocycles. The van der Waals surface area contributed by atoms with Crippen LogP contribution in [0.25, 0.3) is 0 Å². The standard InChI is InChI=1S/C21H25N3O6/c1-14-5-3-9-23(12-14)17-8-7-16(11-18(17)24(27)28)21(26)30-13-20(25)22-15(2)19-6-4-10-29-19/h4,6-8,10-11,14-15H,3,5,9,12-13H2,1-2H3,(H,22,25)/t14-,15+/m1/s1. The highest BCUT2D eigenvalue weighted by atomic mass is 16.6. The van der Waals surface area contributed by atoms with Crippen LogP contribution >= 0.6 is 0 Å². The Labute approximate surface area is 174 Å². The van der Waals surface area contributed by atoms with Crippen molar-refractivity contribution in [1.29, 1.82) is 0 Å². The minimum absolute atomic E-state index is 0.0300. The van der Waals surface area contributed by atoms with Crippen LogP contribution in [-0.2, 0) is 9.53 Å². The van der Waals surface area contributed by atoms with Gasteiger partial charge in [-0.15, -0.1) is 0 Å². The summed E-state index contributed by atoms with van der Waals surface area (Å²) in [6.07, 6.45) is 3.56. The smallest absolute Gasteiger partial charge is 0.338 e. The fraction of sp³-hybridized carbons (Fsp3) is 0.429. The van der Waals surface area contributed by atoms with Gasteiger partial charge >= 0.3 is 5.97 Å². The molecule has 30 heavy (non-hydrogen) atoms. The fourth-order valence-corrected chi connectivity index (χ4v) is 3.58. The molecule has 1 aromatic heterocycles. The number of nitro groups is 1. The van der Waals surface area contributed by atoms with Crippen molar-refractivity contribution in [3.8, 4) is 0 Å². The van der Waals surface area contributed by atoms with E-state index in [0.29, 0.717) is 17.4 Å². The summed E-state index contributed by atoms with van der Waals surface area (Å²) in [6, 6.07) is 7.33. The largest absolute Gasteiger partial charge is 0.467 e. The van der Waals surface area contributed by atoms with Gasteiger partial charge in [0.25, 0.3) is 11.6 Å². The molecule has 1 aliphatic heterocycles. The SMILES string of the molecule is C[C@@H]1CCCN(c2ccc(C(=O)OCC(=O)N[C@@H](C)c3ccco3)cc2[N+](=O)[O-])C1. The Bertz CT molecular complexity index is 911. The van der Waals surface area contributed by atoms with E-state index in [-0.39, 0.29) is 17.3 Å². The summed E-state index contributed by atoms with van der Waals surface area (Å²) in [5.41, 5.74) is 0.380. The van der Waals surface area contributed by atoms with Gasteiger partial charge in [0.2, 0.25) is 0 Å². The molecular weight excluding hydrogens is 390 g/mol. The number of amides is 1. The molecular formula is C21H25N3O6. The van der Waals surface area contributed by atoms with Gasteiger partial charge in [-0.25, -0.2) is 4.79 Å². The molecule has 1 fully saturated rings. The third-order valence-corrected chi connectivity index (χ3v) is 5.09. The number of benzene rings is 1. The molecule has 0 bridgehead atoms. The lowest BCUT2D eigenvalue weighted by molar-refractivity contribution is -0.384. The first-order valence-electron chi connectivity index (χ1n) is 9.88. The maximum atomic E-state index is 12.3. The van der Waals surface area contributed by atoms with Gasteiger partial charge in [0, 0.05) is 19.2 Å². The number of carbonyl (C=O) groups is 2. The molecule has 0 aliphatic carbocycles. The summed E-state index contributed by atoms with van der Waals surface area (Å²) in [4.78, 5) is 37.4. The summed E-state index contributed by atoms with van der Waals surface area (Å²) in [5, 5.41) is 14.2. The topological polar surface area (TPSA) is 115 Å². The number of nitrogens with zero attached hydrogens (tertiary/aromatic N) is 2. The number of anilines is 1. The van der Waals surface area contributed by atoms with E-state index in [0.717, 1.165) is 25.9 Å². The van der Waals surface area contributed by atoms with Crippen molar-refractivity contribution in [2.75, 3.05) is 24.6 Å². The average Bonchev–Trinajstić information content (AvgIpc) is 3.26. The first-order chi connectivity index (χ1) is 14.3. The van der Waals surface area contributed by atoms with Gasteiger partial charge in [-0.05, 0) is 49.9 Å². The lowest BCUT2D eigenvalue weighted by atomic mass is 9.99. The number of hydrogen-bond acceptors (Lipinski definition) is 7. The highest BCUT2D eigenvalue weighted by Gasteiger charge is 2.25. The Morgan fingerprint density at radius 1 is 1.40 bits per heavy atom. The normalized spacial score (nSPS) is 17.3. The second-order valence-corrected chi connectivity index (χ2v) is 7.53. The first kappa shape index (κ1) is 21.4. The van der Waals surface area contributed by atoms with Gasteiger partial charge in [-0.1, -0.05) is 6.92 Å². The number of nitro benzene ring substituents is 1. The lowest BCUT2D eigenvalue weighted by Crippen LogP contribution is -2.34. The number of nitrogens with one attached hydrogen (secondary N) is 1. The van der Waals surface area contributed by atoms with Crippen LogP contribution in [0.2, 0.25) is 0 Å². The third kappa shape index (κ3) is 5.16. The highest BCUT2D eigenvalue weighted by molar-refractivity contribution is 5.93. The van der Waals surface area contributed by atoms with Crippen molar-refractivity contribution in [3.63, 3.8) is 0 Å². The maximum Gasteiger partial charge on any atom is 0.338 e. The van der Waals surface area contributed by atoms with Crippen molar-refractivity contribution in [1.82, 2.24) is 5.32 Å². The summed E-state index contributed by atoms with van der Waals surface area (Å²) in [7, 11) is 0. The van der Waals surface area contributed by atoms with Gasteiger partial charge in [-0.3, -0.25) is 14.9 Å². The van der Waals surface area contributed by atoms with Gasteiger partial charge in [-0.2, -0.15) is 0 Å². The Morgan fingerprint density at radius 2 is 2.20 bits per heavy atom. The second kappa shape index (κ2) is 9.43. The van der Waals surface area contributed by atoms with E-state index in [2.05, 4.69) is 12.2 Å². The zero-order chi connectivity index (χ0) is 21.7. The molecule has 160 valence electrons. The lowest BCUT2D eigenvalue weighted by Gasteiger charge is -2.32. The van der Waals surface area contributed by atoms with Crippen LogP contribution in [0.4, 0.5) is 11.4 Å². The molecule has 2 aromatic rings. The van der Waals surface area contributed by atoms with Crippen LogP contribution in [0.15, 0.2) is 41.0 Å². The molecule has 0 unspecified atom stereocenters. The Hall–Kier alpha value is -3.36. The van der Waals surface area contributed by atoms with Gasteiger partial charge in [0.15, 0.2) is 6.61 Å². The Morgan fingerprint density at radius 3 is 2.87 bits per heavy atom. The van der Waals surface area contributed by atoms with Crippen LogP contribution in [0.1, 0.15) is 48.8 Å². The minimum atomic E-state index is -0.794. The van der Waals surface area contributed by atoms with Gasteiger partial charge < -0.3 is 19.4 Å². The second-order valence-electron chi connectivity index (χ2n) is 7.53. The number of rotatable bonds is 7. The molecule has 2 heterocycles. The Kier molecular flexibility index (Phi) is 6.71. The van der Waals surface area contributed by atoms with Crippen molar-refractivity contribution in [3.05, 3.63) is 58.0 Å². The summed E-state index contributed by atoms with van der Waals surface area (Å²) < 4.78 is 10.2. The number of hydrogen-bond donors (Lipinski definition) is 1. The molecule has 0 spiro atoms. The zero-order valence-electron chi connectivity index (χ0n) is 17.0. The van der Waals surface area contributed by atoms with E-state index in [4.69, 9.17) is 9.15 Å². The average molecular weight is 415 g/mol. The first-order valence-corrected chi connectivity index (χ1v) is 9.88. The number of esters is 1. The fourth-order valence-electron chi connectivity index (χ4n) is 3.58. The molecule has 2 atom stereocenters. The summed E-state index contributed by atoms with van der Waals surface area (Å²) in [6.45, 7) is 4.83. The molecule has 1 aliphatic rings. The van der Waals surface area contributed by atoms with E-state index in [1.807, 2.05) is 4.90 Å². The van der Waals surface area contributed by atoms with Crippen LogP contribution in [0.3, 0.4) is 0 Å². The van der Waals surface area contributed by atoms with Crippen LogP contribution < -0.4 is 10.2 Å². The molecule has 0 radical (unpaired) electrons. The van der Waals surface area contributed by atoms with Gasteiger partial charge in [0.1, 0.15) is 11.4 Å². The van der Waals surface area contributed by atoms with Crippen LogP contribution in [0.5, 0.6) is 0 Å². The number of furan rings is 1.